The second-order valence-corrected chi connectivity index (χ2v) is 4.71. The molecule has 1 saturated carbocycles. The van der Waals surface area contributed by atoms with Crippen LogP contribution in [-0.4, -0.2) is 16.7 Å². The number of halogens is 4. The molecule has 3 rings (SSSR count). The molecule has 0 bridgehead atoms. The summed E-state index contributed by atoms with van der Waals surface area (Å²) in [5, 5.41) is 3.15. The molecule has 0 saturated heterocycles. The SMILES string of the molecule is Fc1c(OCC2CC2)[c]ccc1-c1noc(C(F)(F)F)n1. The van der Waals surface area contributed by atoms with Gasteiger partial charge in [-0.2, -0.15) is 18.2 Å². The van der Waals surface area contributed by atoms with E-state index in [0.717, 1.165) is 12.8 Å². The molecule has 0 N–H and O–H groups in total. The van der Waals surface area contributed by atoms with Gasteiger partial charge in [-0.1, -0.05) is 5.16 Å². The predicted molar refractivity (Wildman–Crippen MR) is 61.7 cm³/mol. The van der Waals surface area contributed by atoms with Crippen molar-refractivity contribution >= 4 is 0 Å². The largest absolute Gasteiger partial charge is 0.490 e. The minimum atomic E-state index is -4.77. The molecule has 1 aliphatic carbocycles. The van der Waals surface area contributed by atoms with Crippen molar-refractivity contribution in [2.75, 3.05) is 6.61 Å². The number of nitrogens with zero attached hydrogens (tertiary/aromatic N) is 2. The van der Waals surface area contributed by atoms with Gasteiger partial charge in [0.2, 0.25) is 5.82 Å². The molecule has 2 aromatic rings. The fourth-order valence-corrected chi connectivity index (χ4v) is 1.67. The minimum Gasteiger partial charge on any atom is -0.490 e. The van der Waals surface area contributed by atoms with Crippen molar-refractivity contribution in [2.24, 2.45) is 5.92 Å². The van der Waals surface area contributed by atoms with E-state index in [9.17, 15) is 17.6 Å². The summed E-state index contributed by atoms with van der Waals surface area (Å²) in [6.45, 7) is 0.358. The van der Waals surface area contributed by atoms with Crippen LogP contribution in [0.4, 0.5) is 17.6 Å². The predicted octanol–water partition coefficient (Wildman–Crippen LogP) is 3.48. The van der Waals surface area contributed by atoms with Crippen LogP contribution >= 0.6 is 0 Å². The van der Waals surface area contributed by atoms with Crippen molar-refractivity contribution in [1.29, 1.82) is 0 Å². The van der Waals surface area contributed by atoms with E-state index in [2.05, 4.69) is 20.7 Å². The average Bonchev–Trinajstić information content (AvgIpc) is 3.10. The number of aromatic nitrogens is 2. The Hall–Kier alpha value is -2.12. The Bertz CT molecular complexity index is 650. The maximum absolute atomic E-state index is 14.2. The molecule has 0 atom stereocenters. The van der Waals surface area contributed by atoms with Crippen LogP contribution in [0.5, 0.6) is 5.75 Å². The molecular formula is C13H9F4N2O2. The zero-order chi connectivity index (χ0) is 15.0. The van der Waals surface area contributed by atoms with Crippen LogP contribution < -0.4 is 4.74 Å². The lowest BCUT2D eigenvalue weighted by Gasteiger charge is -2.07. The van der Waals surface area contributed by atoms with E-state index in [-0.39, 0.29) is 11.3 Å². The summed E-state index contributed by atoms with van der Waals surface area (Å²) >= 11 is 0. The molecule has 1 aromatic carbocycles. The van der Waals surface area contributed by atoms with Gasteiger partial charge < -0.3 is 9.26 Å². The molecule has 8 heteroatoms. The second kappa shape index (κ2) is 5.01. The average molecular weight is 301 g/mol. The van der Waals surface area contributed by atoms with Gasteiger partial charge in [0.25, 0.3) is 0 Å². The normalized spacial score (nSPS) is 15.2. The van der Waals surface area contributed by atoms with E-state index in [1.165, 1.54) is 12.1 Å². The molecule has 0 spiro atoms. The van der Waals surface area contributed by atoms with E-state index in [1.807, 2.05) is 0 Å². The van der Waals surface area contributed by atoms with Crippen molar-refractivity contribution in [1.82, 2.24) is 10.1 Å². The van der Waals surface area contributed by atoms with Crippen LogP contribution in [0.15, 0.2) is 16.7 Å². The number of hydrogen-bond donors (Lipinski definition) is 0. The van der Waals surface area contributed by atoms with Gasteiger partial charge in [0, 0.05) is 6.07 Å². The quantitative estimate of drug-likeness (QED) is 0.811. The number of rotatable bonds is 4. The summed E-state index contributed by atoms with van der Waals surface area (Å²) in [5.74, 6) is -2.61. The first-order chi connectivity index (χ1) is 9.95. The van der Waals surface area contributed by atoms with E-state index >= 15 is 0 Å². The van der Waals surface area contributed by atoms with Crippen LogP contribution in [0.25, 0.3) is 11.4 Å². The van der Waals surface area contributed by atoms with Crippen LogP contribution in [-0.2, 0) is 6.18 Å². The molecule has 0 aliphatic heterocycles. The number of ether oxygens (including phenoxy) is 1. The van der Waals surface area contributed by atoms with Crippen LogP contribution in [0.3, 0.4) is 0 Å². The first-order valence-corrected chi connectivity index (χ1v) is 6.19. The molecule has 4 nitrogen and oxygen atoms in total. The zero-order valence-electron chi connectivity index (χ0n) is 10.6. The number of hydrogen-bond acceptors (Lipinski definition) is 4. The highest BCUT2D eigenvalue weighted by Crippen LogP contribution is 2.33. The molecule has 1 fully saturated rings. The Morgan fingerprint density at radius 3 is 2.76 bits per heavy atom. The maximum atomic E-state index is 14.2. The highest BCUT2D eigenvalue weighted by atomic mass is 19.4. The van der Waals surface area contributed by atoms with Crippen LogP contribution in [0, 0.1) is 17.8 Å². The van der Waals surface area contributed by atoms with E-state index < -0.39 is 23.7 Å². The molecule has 111 valence electrons. The first kappa shape index (κ1) is 13.8. The second-order valence-electron chi connectivity index (χ2n) is 4.71. The topological polar surface area (TPSA) is 48.2 Å². The van der Waals surface area contributed by atoms with Gasteiger partial charge in [0.1, 0.15) is 0 Å². The lowest BCUT2D eigenvalue weighted by atomic mass is 10.2. The van der Waals surface area contributed by atoms with Crippen molar-refractivity contribution in [2.45, 2.75) is 19.0 Å². The monoisotopic (exact) mass is 301 g/mol. The maximum Gasteiger partial charge on any atom is 0.471 e. The highest BCUT2D eigenvalue weighted by Gasteiger charge is 2.38. The Balaban J connectivity index is 1.87. The highest BCUT2D eigenvalue weighted by molar-refractivity contribution is 5.58. The first-order valence-electron chi connectivity index (χ1n) is 6.19. The Morgan fingerprint density at radius 2 is 2.14 bits per heavy atom. The van der Waals surface area contributed by atoms with Gasteiger partial charge in [0.15, 0.2) is 11.6 Å². The molecular weight excluding hydrogens is 292 g/mol. The Morgan fingerprint density at radius 1 is 1.38 bits per heavy atom. The van der Waals surface area contributed by atoms with Crippen molar-refractivity contribution in [3.8, 4) is 17.1 Å². The third kappa shape index (κ3) is 2.98. The van der Waals surface area contributed by atoms with Gasteiger partial charge in [-0.3, -0.25) is 0 Å². The van der Waals surface area contributed by atoms with Gasteiger partial charge >= 0.3 is 12.1 Å². The molecule has 21 heavy (non-hydrogen) atoms. The summed E-state index contributed by atoms with van der Waals surface area (Å²) in [5.41, 5.74) is -0.223. The minimum absolute atomic E-state index is 0.155. The van der Waals surface area contributed by atoms with Crippen molar-refractivity contribution < 1.29 is 26.8 Å². The zero-order valence-corrected chi connectivity index (χ0v) is 10.6. The third-order valence-electron chi connectivity index (χ3n) is 2.97. The van der Waals surface area contributed by atoms with E-state index in [1.54, 1.807) is 0 Å². The molecule has 1 radical (unpaired) electrons. The smallest absolute Gasteiger partial charge is 0.471 e. The third-order valence-corrected chi connectivity index (χ3v) is 2.97. The number of benzene rings is 1. The summed E-state index contributed by atoms with van der Waals surface area (Å²) < 4.78 is 60.7. The van der Waals surface area contributed by atoms with Crippen molar-refractivity contribution in [3.05, 3.63) is 29.9 Å². The Kier molecular flexibility index (Phi) is 3.30. The fraction of sp³-hybridized carbons (Fsp3) is 0.385. The molecule has 1 aliphatic rings. The van der Waals surface area contributed by atoms with Gasteiger partial charge in [0.05, 0.1) is 12.2 Å². The fourth-order valence-electron chi connectivity index (χ4n) is 1.67. The summed E-state index contributed by atoms with van der Waals surface area (Å²) in [7, 11) is 0. The lowest BCUT2D eigenvalue weighted by molar-refractivity contribution is -0.159. The molecule has 1 aromatic heterocycles. The van der Waals surface area contributed by atoms with E-state index in [0.29, 0.717) is 12.5 Å². The molecule has 1 heterocycles. The standard InChI is InChI=1S/C13H9F4N2O2/c14-10-8(11-18-12(21-19-11)13(15,16)17)2-1-3-9(10)20-6-7-4-5-7/h1-2,7H,4-6H2. The van der Waals surface area contributed by atoms with E-state index in [4.69, 9.17) is 4.74 Å². The van der Waals surface area contributed by atoms with Crippen LogP contribution in [0.2, 0.25) is 0 Å². The van der Waals surface area contributed by atoms with Gasteiger partial charge in [-0.15, -0.1) is 0 Å². The molecule has 0 amide bonds. The Labute approximate surface area is 116 Å². The molecule has 0 unspecified atom stereocenters. The number of alkyl halides is 3. The summed E-state index contributed by atoms with van der Waals surface area (Å²) in [4.78, 5) is 3.15. The van der Waals surface area contributed by atoms with Crippen molar-refractivity contribution in [3.63, 3.8) is 0 Å². The van der Waals surface area contributed by atoms with Gasteiger partial charge in [-0.25, -0.2) is 4.39 Å². The lowest BCUT2D eigenvalue weighted by Crippen LogP contribution is -2.05. The summed E-state index contributed by atoms with van der Waals surface area (Å²) in [6.07, 6.45) is -2.71. The van der Waals surface area contributed by atoms with Gasteiger partial charge in [-0.05, 0) is 30.9 Å². The van der Waals surface area contributed by atoms with Crippen LogP contribution in [0.1, 0.15) is 18.7 Å². The summed E-state index contributed by atoms with van der Waals surface area (Å²) in [6, 6.07) is 5.11.